The number of alkyl halides is 12. The van der Waals surface area contributed by atoms with Crippen LogP contribution in [0.4, 0.5) is 62.3 Å². The van der Waals surface area contributed by atoms with Crippen LogP contribution in [-0.2, 0) is 18.8 Å². The van der Waals surface area contributed by atoms with Gasteiger partial charge in [0.1, 0.15) is 17.2 Å². The molecule has 1 N–H and O–H groups in total. The van der Waals surface area contributed by atoms with Gasteiger partial charge in [-0.05, 0) is 147 Å². The van der Waals surface area contributed by atoms with E-state index in [1.54, 1.807) is 53.7 Å². The van der Waals surface area contributed by atoms with E-state index in [2.05, 4.69) is 53.1 Å². The average molecular weight is 1300 g/mol. The highest BCUT2D eigenvalue weighted by molar-refractivity contribution is 9.11. The van der Waals surface area contributed by atoms with E-state index in [4.69, 9.17) is 18.8 Å². The van der Waals surface area contributed by atoms with E-state index < -0.39 is 90.3 Å². The van der Waals surface area contributed by atoms with Crippen LogP contribution in [0.15, 0.2) is 110 Å². The van der Waals surface area contributed by atoms with Crippen LogP contribution in [0.1, 0.15) is 114 Å². The first-order valence-electron chi connectivity index (χ1n) is 22.8. The zero-order valence-corrected chi connectivity index (χ0v) is 48.7. The number of nitrogens with zero attached hydrogens (tertiary/aromatic N) is 2. The first-order chi connectivity index (χ1) is 34.7. The van der Waals surface area contributed by atoms with Crippen molar-refractivity contribution in [3.05, 3.63) is 133 Å². The molecule has 1 aliphatic rings. The number of benzene rings is 4. The van der Waals surface area contributed by atoms with Gasteiger partial charge in [-0.25, -0.2) is 9.59 Å². The molecule has 0 radical (unpaired) electrons. The zero-order chi connectivity index (χ0) is 59.7. The number of carbonyl (C=O) groups excluding carboxylic acids is 3. The van der Waals surface area contributed by atoms with E-state index in [1.165, 1.54) is 79.8 Å². The lowest BCUT2D eigenvalue weighted by atomic mass is 9.78. The van der Waals surface area contributed by atoms with Crippen molar-refractivity contribution in [2.75, 3.05) is 21.1 Å². The molecule has 0 saturated carbocycles. The average Bonchev–Trinajstić information content (AvgIpc) is 3.48. The molecule has 4 aromatic carbocycles. The van der Waals surface area contributed by atoms with E-state index in [-0.39, 0.29) is 22.3 Å². The van der Waals surface area contributed by atoms with Gasteiger partial charge >= 0.3 is 44.0 Å². The number of hydrogen-bond acceptors (Lipinski definition) is 8. The number of Topliss-reactive ketones (excluding diaryl/α,β-unsaturated/α-hetero) is 1. The number of carbonyl (C=O) groups is 3. The third-order valence-corrected chi connectivity index (χ3v) is 12.5. The van der Waals surface area contributed by atoms with Crippen LogP contribution in [0.3, 0.4) is 0 Å². The van der Waals surface area contributed by atoms with Gasteiger partial charge < -0.3 is 24.1 Å². The van der Waals surface area contributed by atoms with Gasteiger partial charge in [0.2, 0.25) is 0 Å². The van der Waals surface area contributed by atoms with E-state index in [9.17, 15) is 67.1 Å². The molecule has 1 aliphatic heterocycles. The van der Waals surface area contributed by atoms with Crippen LogP contribution in [-0.4, -0.2) is 103 Å². The first kappa shape index (κ1) is 68.7. The molecule has 3 unspecified atom stereocenters. The normalized spacial score (nSPS) is 15.7. The molecular weight excluding hydrogens is 1250 g/mol. The van der Waals surface area contributed by atoms with Crippen molar-refractivity contribution in [2.45, 2.75) is 134 Å². The molecule has 1 heterocycles. The van der Waals surface area contributed by atoms with Crippen molar-refractivity contribution >= 4 is 78.3 Å². The third-order valence-electron chi connectivity index (χ3n) is 10.9. The number of hydrogen-bond donors (Lipinski definition) is 1. The summed E-state index contributed by atoms with van der Waals surface area (Å²) in [6.07, 6.45) is -20.4. The predicted octanol–water partition coefficient (Wildman–Crippen LogP) is 15.8. The third kappa shape index (κ3) is 21.7. The molecule has 5 rings (SSSR count). The fourth-order valence-electron chi connectivity index (χ4n) is 6.54. The highest BCUT2D eigenvalue weighted by atomic mass is 79.9. The standard InChI is InChI=1S/C20H29BF3NO4.C14H17BrF3NO2.C9H9BrF3N.C8H4BrF3O/c1-17(2,3)27-16(26)25(8)15(20(22,23)24)13-9-11-14(12-10-13)21-28-18(4,5)19(6,7)29-21;1-13(2,3)21-12(20)19(4)11(14(16,17)18)9-5-7-10(15)8-6-9;1-14-8(9(11,12)13)6-2-4-7(10)5-3-6;9-6-3-1-5(2-4-6)7(13)8(10,11)12/h9-12,15H,1-8H3;5-8,11H,1-4H3;2-5,8,14H,1H3;1-4H. The second-order valence-electron chi connectivity index (χ2n) is 20.0. The van der Waals surface area contributed by atoms with Crippen molar-refractivity contribution in [1.29, 1.82) is 0 Å². The molecule has 428 valence electrons. The minimum absolute atomic E-state index is 0.0286. The summed E-state index contributed by atoms with van der Waals surface area (Å²) in [5.41, 5.74) is -2.51. The van der Waals surface area contributed by atoms with Gasteiger partial charge in [0, 0.05) is 33.1 Å². The van der Waals surface area contributed by atoms with E-state index in [1.807, 2.05) is 27.7 Å². The molecule has 0 aliphatic carbocycles. The maximum absolute atomic E-state index is 13.8. The maximum atomic E-state index is 13.8. The Labute approximate surface area is 465 Å². The molecule has 0 spiro atoms. The molecule has 0 aromatic heterocycles. The molecular formula is C51H59BBr3F12N3O7. The van der Waals surface area contributed by atoms with Crippen LogP contribution < -0.4 is 10.8 Å². The summed E-state index contributed by atoms with van der Waals surface area (Å²) in [5, 5.41) is 2.24. The molecule has 0 bridgehead atoms. The molecule has 77 heavy (non-hydrogen) atoms. The van der Waals surface area contributed by atoms with Crippen LogP contribution in [0.5, 0.6) is 0 Å². The van der Waals surface area contributed by atoms with Gasteiger partial charge in [-0.3, -0.25) is 14.6 Å². The van der Waals surface area contributed by atoms with Gasteiger partial charge in [-0.1, -0.05) is 96.3 Å². The van der Waals surface area contributed by atoms with E-state index >= 15 is 0 Å². The zero-order valence-electron chi connectivity index (χ0n) is 44.0. The van der Waals surface area contributed by atoms with E-state index in [0.29, 0.717) is 24.2 Å². The Morgan fingerprint density at radius 2 is 0.818 bits per heavy atom. The Hall–Kier alpha value is -4.37. The van der Waals surface area contributed by atoms with Crippen molar-refractivity contribution in [2.24, 2.45) is 0 Å². The lowest BCUT2D eigenvalue weighted by molar-refractivity contribution is -0.180. The van der Waals surface area contributed by atoms with Gasteiger partial charge in [0.25, 0.3) is 5.78 Å². The van der Waals surface area contributed by atoms with E-state index in [0.717, 1.165) is 30.7 Å². The fraction of sp³-hybridized carbons (Fsp3) is 0.471. The van der Waals surface area contributed by atoms with Gasteiger partial charge in [-0.2, -0.15) is 52.7 Å². The lowest BCUT2D eigenvalue weighted by Crippen LogP contribution is -2.42. The molecule has 26 heteroatoms. The number of amides is 2. The summed E-state index contributed by atoms with van der Waals surface area (Å²) in [5.74, 6) is -1.82. The molecule has 4 aromatic rings. The SMILES string of the molecule is CN(C(=O)OC(C)(C)C)C(c1ccc(B2OC(C)(C)C(C)(C)O2)cc1)C(F)(F)F.CN(C(=O)OC(C)(C)C)C(c1ccc(Br)cc1)C(F)(F)F.CNC(c1ccc(Br)cc1)C(F)(F)F.O=C(c1ccc(Br)cc1)C(F)(F)F. The first-order valence-corrected chi connectivity index (χ1v) is 25.2. The van der Waals surface area contributed by atoms with Crippen molar-refractivity contribution in [1.82, 2.24) is 15.1 Å². The summed E-state index contributed by atoms with van der Waals surface area (Å²) in [4.78, 5) is 35.9. The van der Waals surface area contributed by atoms with Gasteiger partial charge in [0.15, 0.2) is 12.1 Å². The topological polar surface area (TPSA) is 107 Å². The second kappa shape index (κ2) is 26.7. The Kier molecular flexibility index (Phi) is 23.9. The van der Waals surface area contributed by atoms with Crippen LogP contribution in [0.25, 0.3) is 0 Å². The summed E-state index contributed by atoms with van der Waals surface area (Å²) >= 11 is 9.38. The number of ketones is 1. The summed E-state index contributed by atoms with van der Waals surface area (Å²) in [6.45, 7) is 17.2. The highest BCUT2D eigenvalue weighted by Gasteiger charge is 2.52. The van der Waals surface area contributed by atoms with Crippen LogP contribution in [0, 0.1) is 0 Å². The quantitative estimate of drug-likeness (QED) is 0.106. The van der Waals surface area contributed by atoms with Crippen LogP contribution >= 0.6 is 47.8 Å². The number of nitrogens with one attached hydrogen (secondary N) is 1. The minimum atomic E-state index is -4.80. The summed E-state index contributed by atoms with van der Waals surface area (Å²) < 4.78 is 178. The molecule has 3 atom stereocenters. The summed E-state index contributed by atoms with van der Waals surface area (Å²) in [6, 6.07) is 16.7. The fourth-order valence-corrected chi connectivity index (χ4v) is 7.34. The Morgan fingerprint density at radius 1 is 0.519 bits per heavy atom. The Bertz CT molecular complexity index is 2520. The smallest absolute Gasteiger partial charge is 0.444 e. The van der Waals surface area contributed by atoms with Crippen LogP contribution in [0.2, 0.25) is 0 Å². The number of rotatable bonds is 8. The van der Waals surface area contributed by atoms with Crippen molar-refractivity contribution < 1.29 is 85.9 Å². The lowest BCUT2D eigenvalue weighted by Gasteiger charge is -2.32. The van der Waals surface area contributed by atoms with Crippen molar-refractivity contribution in [3.63, 3.8) is 0 Å². The minimum Gasteiger partial charge on any atom is -0.444 e. The maximum Gasteiger partial charge on any atom is 0.494 e. The van der Waals surface area contributed by atoms with Crippen molar-refractivity contribution in [3.8, 4) is 0 Å². The monoisotopic (exact) mass is 1300 g/mol. The summed E-state index contributed by atoms with van der Waals surface area (Å²) in [7, 11) is 2.77. The second-order valence-corrected chi connectivity index (χ2v) is 22.8. The molecule has 2 amide bonds. The number of ether oxygens (including phenoxy) is 2. The largest absolute Gasteiger partial charge is 0.494 e. The molecule has 1 fully saturated rings. The molecule has 1 saturated heterocycles. The predicted molar refractivity (Wildman–Crippen MR) is 278 cm³/mol. The van der Waals surface area contributed by atoms with Gasteiger partial charge in [0.05, 0.1) is 11.2 Å². The Morgan fingerprint density at radius 3 is 1.09 bits per heavy atom. The highest BCUT2D eigenvalue weighted by Crippen LogP contribution is 2.41. The van der Waals surface area contributed by atoms with Gasteiger partial charge in [-0.15, -0.1) is 0 Å². The number of halogens is 15. The Balaban J connectivity index is 0.000000371. The molecule has 10 nitrogen and oxygen atoms in total.